The van der Waals surface area contributed by atoms with Crippen LogP contribution in [0, 0.1) is 35.5 Å². The Kier molecular flexibility index (Phi) is 4.58. The Morgan fingerprint density at radius 1 is 1.16 bits per heavy atom. The van der Waals surface area contributed by atoms with Crippen LogP contribution in [-0.2, 0) is 0 Å². The van der Waals surface area contributed by atoms with Gasteiger partial charge in [-0.2, -0.15) is 0 Å². The van der Waals surface area contributed by atoms with Gasteiger partial charge in [0, 0.05) is 5.92 Å². The summed E-state index contributed by atoms with van der Waals surface area (Å²) in [7, 11) is 0. The van der Waals surface area contributed by atoms with Crippen LogP contribution in [0.15, 0.2) is 23.8 Å². The lowest BCUT2D eigenvalue weighted by atomic mass is 9.71. The lowest BCUT2D eigenvalue weighted by Crippen LogP contribution is -2.24. The van der Waals surface area contributed by atoms with Gasteiger partial charge < -0.3 is 0 Å². The van der Waals surface area contributed by atoms with Crippen molar-refractivity contribution in [2.24, 2.45) is 35.5 Å². The molecule has 0 aromatic rings. The van der Waals surface area contributed by atoms with Crippen LogP contribution in [0.4, 0.5) is 0 Å². The highest BCUT2D eigenvalue weighted by atomic mass is 14.5. The highest BCUT2D eigenvalue weighted by Crippen LogP contribution is 2.50. The van der Waals surface area contributed by atoms with E-state index in [0.717, 1.165) is 29.6 Å². The van der Waals surface area contributed by atoms with Gasteiger partial charge in [-0.3, -0.25) is 0 Å². The van der Waals surface area contributed by atoms with E-state index in [0.29, 0.717) is 5.92 Å². The first-order valence-corrected chi connectivity index (χ1v) is 8.37. The maximum atomic E-state index is 4.43. The van der Waals surface area contributed by atoms with Crippen molar-refractivity contribution in [3.63, 3.8) is 0 Å². The molecule has 0 aliphatic heterocycles. The average Bonchev–Trinajstić information content (AvgIpc) is 2.67. The molecule has 0 aromatic heterocycles. The van der Waals surface area contributed by atoms with Crippen molar-refractivity contribution < 1.29 is 0 Å². The van der Waals surface area contributed by atoms with Crippen molar-refractivity contribution in [2.75, 3.05) is 0 Å². The second-order valence-corrected chi connectivity index (χ2v) is 7.17. The molecule has 108 valence electrons. The Hall–Kier alpha value is -0.520. The molecule has 2 rings (SSSR count). The molecule has 0 aromatic carbocycles. The molecule has 2 aliphatic carbocycles. The highest BCUT2D eigenvalue weighted by Gasteiger charge is 2.41. The summed E-state index contributed by atoms with van der Waals surface area (Å²) >= 11 is 0. The third kappa shape index (κ3) is 2.69. The summed E-state index contributed by atoms with van der Waals surface area (Å²) in [6, 6.07) is 0. The van der Waals surface area contributed by atoms with Gasteiger partial charge in [0.1, 0.15) is 0 Å². The quantitative estimate of drug-likeness (QED) is 0.558. The van der Waals surface area contributed by atoms with E-state index in [4.69, 9.17) is 0 Å². The number of hydrogen-bond acceptors (Lipinski definition) is 0. The Balaban J connectivity index is 2.21. The Labute approximate surface area is 120 Å². The summed E-state index contributed by atoms with van der Waals surface area (Å²) in [4.78, 5) is 0. The molecule has 6 atom stereocenters. The van der Waals surface area contributed by atoms with E-state index >= 15 is 0 Å². The van der Waals surface area contributed by atoms with Gasteiger partial charge in [-0.05, 0) is 48.9 Å². The minimum Gasteiger partial charge on any atom is -0.0992 e. The van der Waals surface area contributed by atoms with Gasteiger partial charge in [0.25, 0.3) is 0 Å². The first kappa shape index (κ1) is 14.9. The maximum absolute atomic E-state index is 4.43. The van der Waals surface area contributed by atoms with E-state index in [-0.39, 0.29) is 0 Å². The molecule has 19 heavy (non-hydrogen) atoms. The Morgan fingerprint density at radius 3 is 2.37 bits per heavy atom. The zero-order valence-electron chi connectivity index (χ0n) is 13.6. The molecular formula is C19H32. The molecule has 0 N–H and O–H groups in total. The summed E-state index contributed by atoms with van der Waals surface area (Å²) in [5.41, 5.74) is 3.18. The first-order chi connectivity index (χ1) is 8.99. The van der Waals surface area contributed by atoms with Gasteiger partial charge in [0.15, 0.2) is 0 Å². The van der Waals surface area contributed by atoms with E-state index in [9.17, 15) is 0 Å². The van der Waals surface area contributed by atoms with Crippen LogP contribution in [0.5, 0.6) is 0 Å². The van der Waals surface area contributed by atoms with Crippen LogP contribution >= 0.6 is 0 Å². The Bertz CT molecular complexity index is 362. The first-order valence-electron chi connectivity index (χ1n) is 8.37. The molecule has 3 unspecified atom stereocenters. The summed E-state index contributed by atoms with van der Waals surface area (Å²) in [5, 5.41) is 0. The van der Waals surface area contributed by atoms with Gasteiger partial charge in [0.05, 0.1) is 0 Å². The molecule has 0 nitrogen and oxygen atoms in total. The zero-order valence-corrected chi connectivity index (χ0v) is 13.6. The number of hydrogen-bond donors (Lipinski definition) is 0. The lowest BCUT2D eigenvalue weighted by Gasteiger charge is -2.34. The SMILES string of the molecule is C=C1CC(C)C(CC)=CC1[C@@H]1C[C@H](CC)C(C)[C@@H]1C. The zero-order chi connectivity index (χ0) is 14.2. The van der Waals surface area contributed by atoms with Gasteiger partial charge in [0.2, 0.25) is 0 Å². The number of allylic oxidation sites excluding steroid dienone is 3. The second kappa shape index (κ2) is 5.85. The monoisotopic (exact) mass is 260 g/mol. The van der Waals surface area contributed by atoms with Gasteiger partial charge in [-0.15, -0.1) is 0 Å². The van der Waals surface area contributed by atoms with Gasteiger partial charge in [-0.1, -0.05) is 64.8 Å². The predicted molar refractivity (Wildman–Crippen MR) is 85.0 cm³/mol. The largest absolute Gasteiger partial charge is 0.0992 e. The molecule has 1 saturated carbocycles. The summed E-state index contributed by atoms with van der Waals surface area (Å²) < 4.78 is 0. The van der Waals surface area contributed by atoms with Crippen molar-refractivity contribution >= 4 is 0 Å². The summed E-state index contributed by atoms with van der Waals surface area (Å²) in [6.45, 7) is 16.4. The molecule has 0 amide bonds. The van der Waals surface area contributed by atoms with E-state index in [2.05, 4.69) is 47.3 Å². The van der Waals surface area contributed by atoms with Crippen LogP contribution in [-0.4, -0.2) is 0 Å². The van der Waals surface area contributed by atoms with E-state index < -0.39 is 0 Å². The van der Waals surface area contributed by atoms with E-state index in [1.165, 1.54) is 31.3 Å². The smallest absolute Gasteiger partial charge is 0.000807 e. The molecule has 0 saturated heterocycles. The molecule has 2 aliphatic rings. The minimum absolute atomic E-state index is 0.667. The van der Waals surface area contributed by atoms with Crippen LogP contribution in [0.3, 0.4) is 0 Å². The van der Waals surface area contributed by atoms with Gasteiger partial charge >= 0.3 is 0 Å². The molecule has 0 heteroatoms. The van der Waals surface area contributed by atoms with Crippen molar-refractivity contribution in [3.05, 3.63) is 23.8 Å². The van der Waals surface area contributed by atoms with E-state index in [1.54, 1.807) is 5.57 Å². The maximum Gasteiger partial charge on any atom is 0.000807 e. The third-order valence-electron chi connectivity index (χ3n) is 6.28. The highest BCUT2D eigenvalue weighted by molar-refractivity contribution is 5.25. The van der Waals surface area contributed by atoms with Crippen molar-refractivity contribution in [1.82, 2.24) is 0 Å². The molecule has 1 fully saturated rings. The van der Waals surface area contributed by atoms with Crippen molar-refractivity contribution in [1.29, 1.82) is 0 Å². The molecule has 0 spiro atoms. The van der Waals surface area contributed by atoms with E-state index in [1.807, 2.05) is 0 Å². The normalized spacial score (nSPS) is 43.4. The standard InChI is InChI=1S/C19H32/c1-7-16-10-18(13(4)9-12(16)3)19-11-17(8-2)14(5)15(19)6/h10,12,14-15,17-19H,4,7-9,11H2,1-3,5-6H3/t12?,14?,15-,17-,18?,19+/m0/s1. The fraction of sp³-hybridized carbons (Fsp3) is 0.789. The second-order valence-electron chi connectivity index (χ2n) is 7.17. The fourth-order valence-electron chi connectivity index (χ4n) is 4.68. The number of rotatable bonds is 3. The Morgan fingerprint density at radius 2 is 1.84 bits per heavy atom. The van der Waals surface area contributed by atoms with Crippen molar-refractivity contribution in [2.45, 2.75) is 60.3 Å². The van der Waals surface area contributed by atoms with Crippen LogP contribution < -0.4 is 0 Å². The molecule has 0 radical (unpaired) electrons. The summed E-state index contributed by atoms with van der Waals surface area (Å²) in [6.07, 6.45) is 7.81. The molecule has 0 heterocycles. The predicted octanol–water partition coefficient (Wildman–Crippen LogP) is 5.85. The third-order valence-corrected chi connectivity index (χ3v) is 6.28. The summed E-state index contributed by atoms with van der Waals surface area (Å²) in [5.74, 6) is 4.92. The van der Waals surface area contributed by atoms with Crippen molar-refractivity contribution in [3.8, 4) is 0 Å². The van der Waals surface area contributed by atoms with Gasteiger partial charge in [-0.25, -0.2) is 0 Å². The molecular weight excluding hydrogens is 228 g/mol. The average molecular weight is 260 g/mol. The van der Waals surface area contributed by atoms with Crippen LogP contribution in [0.2, 0.25) is 0 Å². The lowest BCUT2D eigenvalue weighted by molar-refractivity contribution is 0.292. The topological polar surface area (TPSA) is 0 Å². The van der Waals surface area contributed by atoms with Crippen LogP contribution in [0.1, 0.15) is 60.3 Å². The fourth-order valence-corrected chi connectivity index (χ4v) is 4.68. The molecule has 0 bridgehead atoms. The minimum atomic E-state index is 0.667. The van der Waals surface area contributed by atoms with Crippen LogP contribution in [0.25, 0.3) is 0 Å².